The molecule has 1 aromatic carbocycles. The third kappa shape index (κ3) is 3.10. The number of carboxylic acids is 1. The van der Waals surface area contributed by atoms with E-state index in [1.54, 1.807) is 12.1 Å². The molecule has 5 nitrogen and oxygen atoms in total. The quantitative estimate of drug-likeness (QED) is 0.813. The molecule has 1 unspecified atom stereocenters. The van der Waals surface area contributed by atoms with Gasteiger partial charge in [0, 0.05) is 6.04 Å². The van der Waals surface area contributed by atoms with Crippen LogP contribution in [0.2, 0.25) is 0 Å². The summed E-state index contributed by atoms with van der Waals surface area (Å²) in [6, 6.07) is 2.96. The van der Waals surface area contributed by atoms with Crippen LogP contribution in [0.15, 0.2) is 12.1 Å². The smallest absolute Gasteiger partial charge is 0.305 e. The summed E-state index contributed by atoms with van der Waals surface area (Å²) in [7, 11) is 3.04. The molecule has 5 heteroatoms. The zero-order valence-corrected chi connectivity index (χ0v) is 10.2. The molecule has 0 radical (unpaired) electrons. The van der Waals surface area contributed by atoms with Crippen molar-refractivity contribution < 1.29 is 19.4 Å². The van der Waals surface area contributed by atoms with Crippen molar-refractivity contribution >= 4 is 5.97 Å². The highest BCUT2D eigenvalue weighted by molar-refractivity contribution is 5.68. The first-order chi connectivity index (χ1) is 7.99. The van der Waals surface area contributed by atoms with E-state index in [0.717, 1.165) is 5.56 Å². The van der Waals surface area contributed by atoms with Crippen LogP contribution in [-0.2, 0) is 4.79 Å². The Kier molecular flexibility index (Phi) is 4.34. The molecular formula is C12H17NO4. The number of carboxylic acid groups (broad SMARTS) is 1. The molecule has 1 atom stereocenters. The summed E-state index contributed by atoms with van der Waals surface area (Å²) >= 11 is 0. The zero-order valence-electron chi connectivity index (χ0n) is 10.2. The molecule has 0 amide bonds. The minimum atomic E-state index is -0.956. The number of benzene rings is 1. The van der Waals surface area contributed by atoms with Crippen LogP contribution >= 0.6 is 0 Å². The average Bonchev–Trinajstić information content (AvgIpc) is 2.26. The van der Waals surface area contributed by atoms with Gasteiger partial charge in [-0.15, -0.1) is 0 Å². The summed E-state index contributed by atoms with van der Waals surface area (Å²) in [6.07, 6.45) is -0.171. The normalized spacial score (nSPS) is 12.0. The second-order valence-electron chi connectivity index (χ2n) is 3.79. The van der Waals surface area contributed by atoms with Crippen LogP contribution in [0.1, 0.15) is 23.6 Å². The van der Waals surface area contributed by atoms with Gasteiger partial charge in [-0.25, -0.2) is 0 Å². The first-order valence-electron chi connectivity index (χ1n) is 5.19. The predicted octanol–water partition coefficient (Wildman–Crippen LogP) is 1.49. The van der Waals surface area contributed by atoms with Crippen LogP contribution in [-0.4, -0.2) is 25.3 Å². The Morgan fingerprint density at radius 2 is 1.82 bits per heavy atom. The van der Waals surface area contributed by atoms with Gasteiger partial charge in [-0.05, 0) is 24.6 Å². The van der Waals surface area contributed by atoms with Gasteiger partial charge in [-0.3, -0.25) is 4.79 Å². The maximum atomic E-state index is 10.7. The van der Waals surface area contributed by atoms with E-state index >= 15 is 0 Å². The van der Waals surface area contributed by atoms with Gasteiger partial charge in [0.25, 0.3) is 0 Å². The average molecular weight is 239 g/mol. The number of carbonyl (C=O) groups is 1. The lowest BCUT2D eigenvalue weighted by Crippen LogP contribution is -2.17. The van der Waals surface area contributed by atoms with E-state index in [0.29, 0.717) is 17.1 Å². The molecule has 0 aliphatic carbocycles. The monoisotopic (exact) mass is 239 g/mol. The van der Waals surface area contributed by atoms with E-state index in [1.807, 2.05) is 6.92 Å². The molecule has 3 N–H and O–H groups in total. The van der Waals surface area contributed by atoms with E-state index in [-0.39, 0.29) is 6.42 Å². The molecule has 17 heavy (non-hydrogen) atoms. The summed E-state index contributed by atoms with van der Waals surface area (Å²) < 4.78 is 10.4. The predicted molar refractivity (Wildman–Crippen MR) is 63.5 cm³/mol. The summed E-state index contributed by atoms with van der Waals surface area (Å²) in [6.45, 7) is 1.90. The first kappa shape index (κ1) is 13.3. The molecule has 0 saturated heterocycles. The van der Waals surface area contributed by atoms with E-state index in [9.17, 15) is 4.79 Å². The maximum absolute atomic E-state index is 10.7. The van der Waals surface area contributed by atoms with Crippen molar-refractivity contribution in [2.45, 2.75) is 19.4 Å². The van der Waals surface area contributed by atoms with E-state index < -0.39 is 12.0 Å². The largest absolute Gasteiger partial charge is 0.496 e. The van der Waals surface area contributed by atoms with Crippen molar-refractivity contribution in [1.29, 1.82) is 0 Å². The van der Waals surface area contributed by atoms with Crippen LogP contribution in [0.3, 0.4) is 0 Å². The van der Waals surface area contributed by atoms with Gasteiger partial charge in [0.1, 0.15) is 11.5 Å². The third-order valence-corrected chi connectivity index (χ3v) is 2.45. The lowest BCUT2D eigenvalue weighted by atomic mass is 10.0. The van der Waals surface area contributed by atoms with Crippen molar-refractivity contribution in [3.8, 4) is 11.5 Å². The number of methoxy groups -OCH3 is 2. The lowest BCUT2D eigenvalue weighted by molar-refractivity contribution is -0.137. The molecule has 0 saturated carbocycles. The first-order valence-corrected chi connectivity index (χ1v) is 5.19. The zero-order chi connectivity index (χ0) is 13.0. The van der Waals surface area contributed by atoms with Crippen LogP contribution < -0.4 is 15.2 Å². The van der Waals surface area contributed by atoms with Gasteiger partial charge in [0.2, 0.25) is 0 Å². The van der Waals surface area contributed by atoms with Gasteiger partial charge >= 0.3 is 5.97 Å². The summed E-state index contributed by atoms with van der Waals surface area (Å²) in [5.41, 5.74) is 7.41. The van der Waals surface area contributed by atoms with Gasteiger partial charge < -0.3 is 20.3 Å². The highest BCUT2D eigenvalue weighted by Crippen LogP contribution is 2.35. The second-order valence-corrected chi connectivity index (χ2v) is 3.79. The SMILES string of the molecule is COc1cc(C)cc(OC)c1C(N)CC(=O)O. The Balaban J connectivity index is 3.23. The van der Waals surface area contributed by atoms with Crippen LogP contribution in [0.4, 0.5) is 0 Å². The molecule has 0 bridgehead atoms. The maximum Gasteiger partial charge on any atom is 0.305 e. The summed E-state index contributed by atoms with van der Waals surface area (Å²) in [4.78, 5) is 10.7. The number of aliphatic carboxylic acids is 1. The lowest BCUT2D eigenvalue weighted by Gasteiger charge is -2.18. The van der Waals surface area contributed by atoms with Crippen LogP contribution in [0.25, 0.3) is 0 Å². The van der Waals surface area contributed by atoms with Gasteiger partial charge in [-0.2, -0.15) is 0 Å². The number of nitrogens with two attached hydrogens (primary N) is 1. The number of hydrogen-bond acceptors (Lipinski definition) is 4. The fourth-order valence-corrected chi connectivity index (χ4v) is 1.73. The molecule has 0 heterocycles. The van der Waals surface area contributed by atoms with Gasteiger partial charge in [-0.1, -0.05) is 0 Å². The Morgan fingerprint density at radius 1 is 1.35 bits per heavy atom. The van der Waals surface area contributed by atoms with Crippen molar-refractivity contribution in [3.63, 3.8) is 0 Å². The molecule has 0 aliphatic heterocycles. The number of rotatable bonds is 5. The minimum absolute atomic E-state index is 0.171. The van der Waals surface area contributed by atoms with Crippen molar-refractivity contribution in [2.24, 2.45) is 5.73 Å². The highest BCUT2D eigenvalue weighted by atomic mass is 16.5. The van der Waals surface area contributed by atoms with E-state index in [1.165, 1.54) is 14.2 Å². The van der Waals surface area contributed by atoms with E-state index in [4.69, 9.17) is 20.3 Å². The molecular weight excluding hydrogens is 222 g/mol. The number of hydrogen-bond donors (Lipinski definition) is 2. The van der Waals surface area contributed by atoms with Gasteiger partial charge in [0.05, 0.1) is 26.2 Å². The molecule has 1 aromatic rings. The van der Waals surface area contributed by atoms with Crippen molar-refractivity contribution in [3.05, 3.63) is 23.3 Å². The Bertz CT molecular complexity index is 392. The molecule has 0 fully saturated rings. The van der Waals surface area contributed by atoms with E-state index in [2.05, 4.69) is 0 Å². The Labute approximate surface area is 100 Å². The molecule has 0 aliphatic rings. The van der Waals surface area contributed by atoms with Gasteiger partial charge in [0.15, 0.2) is 0 Å². The third-order valence-electron chi connectivity index (χ3n) is 2.45. The fraction of sp³-hybridized carbons (Fsp3) is 0.417. The van der Waals surface area contributed by atoms with Crippen molar-refractivity contribution in [1.82, 2.24) is 0 Å². The highest BCUT2D eigenvalue weighted by Gasteiger charge is 2.20. The molecule has 0 spiro atoms. The Hall–Kier alpha value is -1.75. The topological polar surface area (TPSA) is 81.8 Å². The summed E-state index contributed by atoms with van der Waals surface area (Å²) in [5.74, 6) is 0.147. The number of ether oxygens (including phenoxy) is 2. The fourth-order valence-electron chi connectivity index (χ4n) is 1.73. The Morgan fingerprint density at radius 3 is 2.18 bits per heavy atom. The van der Waals surface area contributed by atoms with Crippen molar-refractivity contribution in [2.75, 3.05) is 14.2 Å². The number of aryl methyl sites for hydroxylation is 1. The second kappa shape index (κ2) is 5.54. The molecule has 0 aromatic heterocycles. The molecule has 94 valence electrons. The van der Waals surface area contributed by atoms with Crippen LogP contribution in [0.5, 0.6) is 11.5 Å². The minimum Gasteiger partial charge on any atom is -0.496 e. The van der Waals surface area contributed by atoms with Crippen LogP contribution in [0, 0.1) is 6.92 Å². The molecule has 1 rings (SSSR count). The standard InChI is InChI=1S/C12H17NO4/c1-7-4-9(16-2)12(10(5-7)17-3)8(13)6-11(14)15/h4-5,8H,6,13H2,1-3H3,(H,14,15). The summed E-state index contributed by atoms with van der Waals surface area (Å²) in [5, 5.41) is 8.77.